The standard InChI is InChI=1S/C19H17N2OSi.3C17H11N2O.2C12H10N.2C11H8N.4Ir/c1-23(2,3)17-11-10-14-13-7-6-8-15(16-9-4-5-12-20-16)18(13)22-19(14)21-17;1-11-8-9-15-16(19-11)13-6-4-5-12(17(13)20-15)14-7-2-3-10-18-14;2*1-11-5-7-13-14-10-12(15-4-2-3-9-18-15)6-8-16(14)20-17(13)19-11;2*1-10-7-8-12(13-9-10)11-5-3-2-4-6-11;2*1-2-6-10(7-3-1)11-8-4-5-9-12-11;;;;/h4-7,9-12H,1-3H3;2-4,6-10H,1H3;2*2-5,7-10H,1H3;2*2-5,7-9H,1H3;2*1-6,8-9H;;;;/q8*-1;;;;/i;1D3;;;1D3;;;;;;;. The van der Waals surface area contributed by atoms with Crippen LogP contribution in [0.1, 0.15) is 36.4 Å². The van der Waals surface area contributed by atoms with E-state index >= 15 is 0 Å². The van der Waals surface area contributed by atoms with E-state index in [9.17, 15) is 0 Å². The fourth-order valence-corrected chi connectivity index (χ4v) is 15.2. The molecule has 0 N–H and O–H groups in total. The van der Waals surface area contributed by atoms with Gasteiger partial charge in [0.25, 0.3) is 0 Å². The number of furan rings is 4. The van der Waals surface area contributed by atoms with Crippen LogP contribution >= 0.6 is 0 Å². The molecule has 0 fully saturated rings. The molecule has 16 heterocycles. The minimum absolute atomic E-state index is 0. The van der Waals surface area contributed by atoms with Crippen molar-refractivity contribution in [3.63, 3.8) is 0 Å². The van der Waals surface area contributed by atoms with Gasteiger partial charge in [0.2, 0.25) is 17.1 Å². The molecule has 21 heteroatoms. The molecule has 0 unspecified atom stereocenters. The molecule has 0 spiro atoms. The van der Waals surface area contributed by atoms with Gasteiger partial charge in [-0.15, -0.1) is 228 Å². The van der Waals surface area contributed by atoms with Crippen molar-refractivity contribution >= 4 is 102 Å². The molecule has 0 saturated heterocycles. The second-order valence-corrected chi connectivity index (χ2v) is 36.4. The number of pyridine rings is 12. The molecule has 0 aliphatic rings. The molecule has 0 saturated carbocycles. The van der Waals surface area contributed by atoms with Crippen LogP contribution in [0.3, 0.4) is 0 Å². The van der Waals surface area contributed by atoms with E-state index in [0.29, 0.717) is 33.8 Å². The van der Waals surface area contributed by atoms with Gasteiger partial charge < -0.3 is 57.5 Å². The number of rotatable bonds is 9. The molecule has 682 valence electrons. The predicted octanol–water partition coefficient (Wildman–Crippen LogP) is 27.6. The van der Waals surface area contributed by atoms with Crippen molar-refractivity contribution in [3.8, 4) is 90.1 Å². The SMILES string of the molecule is C[Si](C)(C)c1ccc2c(n1)oc1c(-c3ccccn3)[c-]ccc12.Cc1ccc(-c2[c-]cccc2)nc1.Cc1ccc2c(n1)oc1c[c-]c(-c3ccccn3)cc12.Cc1ccc2c(n1)oc1c[c-]c(-c3ccccn3)cc12.[2H]C([2H])([2H])c1ccc(-c2[c-]cccc2)nc1.[2H]C([2H])([2H])c1ccc2oc3c(-c4ccccn4)[c-]ccc3c2n1.[Ir].[Ir].[Ir].[Ir].[c-]1ccccc1-c1ccccn1.[c-]1ccccc1-c1ccccn1. The summed E-state index contributed by atoms with van der Waals surface area (Å²) in [5, 5.41) is 8.17. The summed E-state index contributed by atoms with van der Waals surface area (Å²) in [5.41, 5.74) is 24.1. The number of nitrogens with zero attached hydrogens (tertiary/aromatic N) is 12. The summed E-state index contributed by atoms with van der Waals surface area (Å²) < 4.78 is 67.8. The van der Waals surface area contributed by atoms with Gasteiger partial charge in [-0.05, 0) is 181 Å². The van der Waals surface area contributed by atoms with Crippen molar-refractivity contribution in [2.24, 2.45) is 0 Å². The van der Waals surface area contributed by atoms with Gasteiger partial charge in [0, 0.05) is 177 Å². The quantitative estimate of drug-likeness (QED) is 0.0972. The Morgan fingerprint density at radius 3 is 1.02 bits per heavy atom. The molecule has 0 bridgehead atoms. The molecule has 16 nitrogen and oxygen atoms in total. The van der Waals surface area contributed by atoms with Crippen LogP contribution in [-0.4, -0.2) is 67.9 Å². The molecule has 24 aromatic rings. The first-order chi connectivity index (χ1) is 67.6. The number of hydrogen-bond donors (Lipinski definition) is 0. The van der Waals surface area contributed by atoms with Crippen molar-refractivity contribution in [2.45, 2.75) is 54.1 Å². The van der Waals surface area contributed by atoms with E-state index < -0.39 is 21.8 Å². The van der Waals surface area contributed by atoms with Gasteiger partial charge in [-0.3, -0.25) is 4.98 Å². The first-order valence-electron chi connectivity index (χ1n) is 45.7. The first-order valence-corrected chi connectivity index (χ1v) is 46.2. The first kappa shape index (κ1) is 91.7. The van der Waals surface area contributed by atoms with Crippen LogP contribution in [0.2, 0.25) is 19.6 Å². The van der Waals surface area contributed by atoms with Gasteiger partial charge in [0.05, 0.1) is 27.8 Å². The number of hydrogen-bond acceptors (Lipinski definition) is 16. The van der Waals surface area contributed by atoms with Gasteiger partial charge in [-0.2, -0.15) is 0 Å². The molecule has 0 aliphatic heterocycles. The zero-order valence-electron chi connectivity index (χ0n) is 80.6. The van der Waals surface area contributed by atoms with E-state index in [-0.39, 0.29) is 91.7 Å². The Morgan fingerprint density at radius 2 is 0.635 bits per heavy atom. The van der Waals surface area contributed by atoms with Gasteiger partial charge in [-0.25, -0.2) is 15.0 Å². The fourth-order valence-electron chi connectivity index (χ4n) is 14.2. The Morgan fingerprint density at radius 1 is 0.263 bits per heavy atom. The molecule has 0 aliphatic carbocycles. The van der Waals surface area contributed by atoms with E-state index in [0.717, 1.165) is 161 Å². The number of benzene rings is 8. The Kier molecular flexibility index (Phi) is 32.2. The molecular weight excluding hydrogens is 2420 g/mol. The Labute approximate surface area is 858 Å². The van der Waals surface area contributed by atoms with Crippen molar-refractivity contribution in [2.75, 3.05) is 0 Å². The van der Waals surface area contributed by atoms with Crippen LogP contribution in [0.15, 0.2) is 395 Å². The molecule has 0 amide bonds. The fraction of sp³-hybridized carbons (Fsp3) is 0.0690. The summed E-state index contributed by atoms with van der Waals surface area (Å²) in [7, 11) is -1.47. The summed E-state index contributed by atoms with van der Waals surface area (Å²) in [6.45, 7) is 8.47. The molecule has 137 heavy (non-hydrogen) atoms. The molecule has 16 aromatic heterocycles. The largest absolute Gasteiger partial charge is 0.499 e. The number of aromatic nitrogens is 12. The van der Waals surface area contributed by atoms with Gasteiger partial charge in [-0.1, -0.05) is 144 Å². The molecule has 24 rings (SSSR count). The maximum absolute atomic E-state index is 7.51. The minimum Gasteiger partial charge on any atom is -0.499 e. The van der Waals surface area contributed by atoms with Crippen molar-refractivity contribution < 1.29 is 106 Å². The van der Waals surface area contributed by atoms with Crippen LogP contribution < -0.4 is 5.32 Å². The third-order valence-electron chi connectivity index (χ3n) is 20.8. The Balaban J connectivity index is 0.000000138. The Hall–Kier alpha value is -14.4. The maximum Gasteiger partial charge on any atom is 0.216 e. The summed E-state index contributed by atoms with van der Waals surface area (Å²) in [6, 6.07) is 129. The van der Waals surface area contributed by atoms with Crippen LogP contribution in [0.5, 0.6) is 0 Å². The van der Waals surface area contributed by atoms with E-state index in [2.05, 4.69) is 153 Å². The summed E-state index contributed by atoms with van der Waals surface area (Å²) >= 11 is 0. The van der Waals surface area contributed by atoms with E-state index in [4.69, 9.17) is 30.9 Å². The summed E-state index contributed by atoms with van der Waals surface area (Å²) in [5.74, 6) is 0. The topological polar surface area (TPSA) is 207 Å². The smallest absolute Gasteiger partial charge is 0.216 e. The van der Waals surface area contributed by atoms with Gasteiger partial charge in [0.15, 0.2) is 0 Å². The van der Waals surface area contributed by atoms with Gasteiger partial charge in [0.1, 0.15) is 13.7 Å². The van der Waals surface area contributed by atoms with Gasteiger partial charge >= 0.3 is 0 Å². The monoisotopic (exact) mass is 2520 g/mol. The minimum atomic E-state index is -2.25. The third-order valence-corrected chi connectivity index (χ3v) is 22.6. The van der Waals surface area contributed by atoms with E-state index in [1.54, 1.807) is 67.5 Å². The zero-order chi connectivity index (χ0) is 96.3. The van der Waals surface area contributed by atoms with Crippen molar-refractivity contribution in [3.05, 3.63) is 454 Å². The molecule has 0 atom stereocenters. The number of aryl methyl sites for hydroxylation is 5. The zero-order valence-corrected chi connectivity index (χ0v) is 85.2. The van der Waals surface area contributed by atoms with Crippen LogP contribution in [-0.2, 0) is 80.4 Å². The second-order valence-electron chi connectivity index (χ2n) is 31.3. The van der Waals surface area contributed by atoms with Crippen molar-refractivity contribution in [1.29, 1.82) is 0 Å². The van der Waals surface area contributed by atoms with Crippen LogP contribution in [0, 0.1) is 83.0 Å². The van der Waals surface area contributed by atoms with Crippen molar-refractivity contribution in [1.82, 2.24) is 59.8 Å². The number of fused-ring (bicyclic) bond motifs is 12. The average Bonchev–Trinajstić information content (AvgIpc) is 1.63. The Bertz CT molecular complexity index is 7860. The van der Waals surface area contributed by atoms with Crippen LogP contribution in [0.25, 0.3) is 178 Å². The summed E-state index contributed by atoms with van der Waals surface area (Å²) in [6.07, 6.45) is 13.9. The predicted molar refractivity (Wildman–Crippen MR) is 535 cm³/mol. The maximum atomic E-state index is 7.51. The second kappa shape index (κ2) is 48.2. The summed E-state index contributed by atoms with van der Waals surface area (Å²) in [4.78, 5) is 52.2. The van der Waals surface area contributed by atoms with E-state index in [1.807, 2.05) is 288 Å². The van der Waals surface area contributed by atoms with E-state index in [1.165, 1.54) is 17.8 Å². The normalized spacial score (nSPS) is 11.4. The average molecular weight is 2520 g/mol. The van der Waals surface area contributed by atoms with Crippen LogP contribution in [0.4, 0.5) is 0 Å². The molecule has 8 aromatic carbocycles. The molecular formula is C116H86Ir4N12O4Si-8. The molecule has 4 radical (unpaired) electrons. The third kappa shape index (κ3) is 25.4.